The smallest absolute Gasteiger partial charge is 0.328 e. The number of nitrogens with two attached hydrogens (primary N) is 1. The third-order valence-electron chi connectivity index (χ3n) is 7.46. The molecule has 0 aromatic heterocycles. The van der Waals surface area contributed by atoms with Crippen molar-refractivity contribution in [3.8, 4) is 0 Å². The maximum atomic E-state index is 9.55. The first-order chi connectivity index (χ1) is 15.5. The Labute approximate surface area is 203 Å². The van der Waals surface area contributed by atoms with Gasteiger partial charge in [0.15, 0.2) is 0 Å². The van der Waals surface area contributed by atoms with Crippen LogP contribution >= 0.6 is 11.8 Å². The minimum absolute atomic E-state index is 0.379. The van der Waals surface area contributed by atoms with Crippen molar-refractivity contribution in [1.82, 2.24) is 0 Å². The lowest BCUT2D eigenvalue weighted by molar-refractivity contribution is -0.134. The number of carboxylic acid groups (broad SMARTS) is 2. The van der Waals surface area contributed by atoms with E-state index in [-0.39, 0.29) is 0 Å². The number of thioether (sulfide) groups is 1. The van der Waals surface area contributed by atoms with Crippen LogP contribution in [0.5, 0.6) is 0 Å². The van der Waals surface area contributed by atoms with Crippen LogP contribution in [0, 0.1) is 11.3 Å². The molecule has 0 amide bonds. The van der Waals surface area contributed by atoms with E-state index in [4.69, 9.17) is 15.9 Å². The van der Waals surface area contributed by atoms with E-state index in [2.05, 4.69) is 57.7 Å². The molecule has 0 heterocycles. The van der Waals surface area contributed by atoms with Crippen molar-refractivity contribution in [2.75, 3.05) is 18.1 Å². The molecule has 0 aliphatic heterocycles. The maximum absolute atomic E-state index is 9.55. The van der Waals surface area contributed by atoms with E-state index in [9.17, 15) is 9.59 Å². The van der Waals surface area contributed by atoms with Gasteiger partial charge in [0.2, 0.25) is 0 Å². The predicted molar refractivity (Wildman–Crippen MR) is 137 cm³/mol. The second-order valence-corrected chi connectivity index (χ2v) is 11.4. The zero-order valence-corrected chi connectivity index (χ0v) is 21.4. The molecule has 2 aliphatic carbocycles. The lowest BCUT2D eigenvalue weighted by atomic mass is 9.50. The Bertz CT molecular complexity index is 837. The van der Waals surface area contributed by atoms with Crippen LogP contribution in [0.25, 0.3) is 0 Å². The molecule has 4 N–H and O–H groups in total. The Kier molecular flexibility index (Phi) is 10.0. The number of rotatable bonds is 8. The molecule has 1 aromatic rings. The Hall–Kier alpha value is -1.79. The average molecular weight is 476 g/mol. The molecular formula is C27H41NO4S. The molecule has 3 atom stereocenters. The van der Waals surface area contributed by atoms with Gasteiger partial charge < -0.3 is 15.9 Å². The van der Waals surface area contributed by atoms with E-state index in [1.165, 1.54) is 49.2 Å². The molecular weight excluding hydrogens is 434 g/mol. The summed E-state index contributed by atoms with van der Waals surface area (Å²) in [6, 6.07) is 7.41. The summed E-state index contributed by atoms with van der Waals surface area (Å²) in [5, 5.41) is 15.6. The first kappa shape index (κ1) is 27.5. The summed E-state index contributed by atoms with van der Waals surface area (Å²) < 4.78 is 0. The minimum atomic E-state index is -1.26. The van der Waals surface area contributed by atoms with Crippen molar-refractivity contribution in [3.05, 3.63) is 47.0 Å². The summed E-state index contributed by atoms with van der Waals surface area (Å²) in [5.74, 6) is 1.49. The van der Waals surface area contributed by atoms with Crippen molar-refractivity contribution >= 4 is 23.7 Å². The summed E-state index contributed by atoms with van der Waals surface area (Å²) >= 11 is 2.15. The monoisotopic (exact) mass is 475 g/mol. The number of hydrogen-bond donors (Lipinski definition) is 3. The van der Waals surface area contributed by atoms with E-state index in [1.54, 1.807) is 11.1 Å². The third kappa shape index (κ3) is 7.10. The lowest BCUT2D eigenvalue weighted by Gasteiger charge is -2.55. The van der Waals surface area contributed by atoms with Gasteiger partial charge in [-0.1, -0.05) is 52.3 Å². The predicted octanol–water partition coefficient (Wildman–Crippen LogP) is 5.61. The lowest BCUT2D eigenvalue weighted by Crippen LogP contribution is -2.50. The first-order valence-corrected chi connectivity index (χ1v) is 13.2. The molecule has 0 radical (unpaired) electrons. The zero-order valence-electron chi connectivity index (χ0n) is 20.6. The molecule has 33 heavy (non-hydrogen) atoms. The second-order valence-electron chi connectivity index (χ2n) is 10.3. The molecule has 3 rings (SSSR count). The summed E-state index contributed by atoms with van der Waals surface area (Å²) in [6.45, 7) is 10.6. The number of benzene rings is 1. The van der Waals surface area contributed by atoms with Gasteiger partial charge in [0.05, 0.1) is 0 Å². The summed E-state index contributed by atoms with van der Waals surface area (Å²) in [4.78, 5) is 19.1. The highest BCUT2D eigenvalue weighted by molar-refractivity contribution is 7.99. The van der Waals surface area contributed by atoms with Crippen molar-refractivity contribution in [2.24, 2.45) is 17.1 Å². The molecule has 184 valence electrons. The van der Waals surface area contributed by atoms with Crippen LogP contribution in [0.4, 0.5) is 0 Å². The van der Waals surface area contributed by atoms with Crippen molar-refractivity contribution in [2.45, 2.75) is 77.6 Å². The van der Waals surface area contributed by atoms with E-state index >= 15 is 0 Å². The summed E-state index contributed by atoms with van der Waals surface area (Å²) in [5.41, 5.74) is 11.4. The third-order valence-corrected chi connectivity index (χ3v) is 8.90. The standard InChI is InChI=1S/C23H37NS.C4H4O4/c1-17(2)18-7-9-20-19(15-18)8-10-21-22(3,16-25-14-6-13-24)11-5-12-23(20,21)4;5-3(6)1-2-4(7)8/h7,9,15,17,21H,5-6,8,10-14,16,24H2,1-4H3;1-2H,(H,5,6)(H,7,8)/b;2-1+/t21-,22-,23+;/m0./s1. The quantitative estimate of drug-likeness (QED) is 0.333. The second kappa shape index (κ2) is 12.1. The zero-order chi connectivity index (χ0) is 24.6. The fourth-order valence-corrected chi connectivity index (χ4v) is 7.14. The van der Waals surface area contributed by atoms with Crippen molar-refractivity contribution in [3.63, 3.8) is 0 Å². The number of carboxylic acids is 2. The van der Waals surface area contributed by atoms with Crippen LogP contribution in [0.1, 0.15) is 82.4 Å². The van der Waals surface area contributed by atoms with Crippen LogP contribution in [-0.4, -0.2) is 40.2 Å². The number of fused-ring (bicyclic) bond motifs is 3. The van der Waals surface area contributed by atoms with Crippen LogP contribution in [-0.2, 0) is 21.4 Å². The Morgan fingerprint density at radius 3 is 2.42 bits per heavy atom. The Morgan fingerprint density at radius 2 is 1.85 bits per heavy atom. The van der Waals surface area contributed by atoms with Crippen molar-refractivity contribution in [1.29, 1.82) is 0 Å². The number of carbonyl (C=O) groups is 2. The van der Waals surface area contributed by atoms with Gasteiger partial charge >= 0.3 is 11.9 Å². The van der Waals surface area contributed by atoms with E-state index in [0.717, 1.165) is 18.9 Å². The van der Waals surface area contributed by atoms with Gasteiger partial charge in [-0.15, -0.1) is 0 Å². The minimum Gasteiger partial charge on any atom is -0.478 e. The van der Waals surface area contributed by atoms with Crippen LogP contribution in [0.15, 0.2) is 30.4 Å². The maximum Gasteiger partial charge on any atom is 0.328 e. The van der Waals surface area contributed by atoms with Crippen LogP contribution in [0.3, 0.4) is 0 Å². The normalized spacial score (nSPS) is 26.3. The van der Waals surface area contributed by atoms with Gasteiger partial charge in [0.25, 0.3) is 0 Å². The SMILES string of the molecule is CC(C)c1ccc2c(c1)CC[C@H]1[C@](C)(CSCCCN)CCC[C@]21C.O=C(O)/C=C/C(=O)O. The highest BCUT2D eigenvalue weighted by atomic mass is 32.2. The number of hydrogen-bond acceptors (Lipinski definition) is 4. The Morgan fingerprint density at radius 1 is 1.18 bits per heavy atom. The number of aliphatic carboxylic acids is 2. The van der Waals surface area contributed by atoms with Crippen LogP contribution < -0.4 is 5.73 Å². The van der Waals surface area contributed by atoms with Gasteiger partial charge in [0.1, 0.15) is 0 Å². The number of aryl methyl sites for hydroxylation is 1. The van der Waals surface area contributed by atoms with Gasteiger partial charge in [-0.3, -0.25) is 0 Å². The first-order valence-electron chi connectivity index (χ1n) is 12.1. The van der Waals surface area contributed by atoms with Gasteiger partial charge in [-0.25, -0.2) is 9.59 Å². The fourth-order valence-electron chi connectivity index (χ4n) is 5.81. The fraction of sp³-hybridized carbons (Fsp3) is 0.630. The van der Waals surface area contributed by atoms with Gasteiger partial charge in [-0.2, -0.15) is 11.8 Å². The van der Waals surface area contributed by atoms with E-state index < -0.39 is 11.9 Å². The van der Waals surface area contributed by atoms with E-state index in [1.807, 2.05) is 0 Å². The molecule has 2 aliphatic rings. The Balaban J connectivity index is 0.000000414. The molecule has 0 spiro atoms. The molecule has 0 unspecified atom stereocenters. The molecule has 1 aromatic carbocycles. The van der Waals surface area contributed by atoms with Crippen molar-refractivity contribution < 1.29 is 19.8 Å². The summed E-state index contributed by atoms with van der Waals surface area (Å²) in [6.07, 6.45) is 9.08. The molecule has 0 saturated heterocycles. The molecule has 5 nitrogen and oxygen atoms in total. The molecule has 0 bridgehead atoms. The largest absolute Gasteiger partial charge is 0.478 e. The van der Waals surface area contributed by atoms with Crippen LogP contribution in [0.2, 0.25) is 0 Å². The average Bonchev–Trinajstić information content (AvgIpc) is 2.75. The molecule has 1 saturated carbocycles. The summed E-state index contributed by atoms with van der Waals surface area (Å²) in [7, 11) is 0. The molecule has 1 fully saturated rings. The topological polar surface area (TPSA) is 101 Å². The van der Waals surface area contributed by atoms with Gasteiger partial charge in [0, 0.05) is 12.2 Å². The highest BCUT2D eigenvalue weighted by Crippen LogP contribution is 2.58. The van der Waals surface area contributed by atoms with Gasteiger partial charge in [-0.05, 0) is 89.5 Å². The molecule has 6 heteroatoms. The van der Waals surface area contributed by atoms with E-state index in [0.29, 0.717) is 28.9 Å². The highest BCUT2D eigenvalue weighted by Gasteiger charge is 2.51.